The fourth-order valence-corrected chi connectivity index (χ4v) is 9.19. The van der Waals surface area contributed by atoms with E-state index in [0.717, 1.165) is 12.2 Å². The Labute approximate surface area is 217 Å². The average Bonchev–Trinajstić information content (AvgIpc) is 3.20. The molecule has 2 aliphatic rings. The number of hydrogen-bond acceptors (Lipinski definition) is 5. The third kappa shape index (κ3) is 5.10. The van der Waals surface area contributed by atoms with Crippen LogP contribution in [0.2, 0.25) is 0 Å². The molecule has 2 fully saturated rings. The Morgan fingerprint density at radius 2 is 1.44 bits per heavy atom. The zero-order valence-electron chi connectivity index (χ0n) is 20.8. The summed E-state index contributed by atoms with van der Waals surface area (Å²) in [4.78, 5) is 15.7. The predicted molar refractivity (Wildman–Crippen MR) is 141 cm³/mol. The molecular formula is C29H32O5S2. The summed E-state index contributed by atoms with van der Waals surface area (Å²) in [7, 11) is -2.74. The van der Waals surface area contributed by atoms with E-state index in [4.69, 9.17) is 4.74 Å². The lowest BCUT2D eigenvalue weighted by atomic mass is 9.70. The number of carbonyl (C=O) groups is 1. The summed E-state index contributed by atoms with van der Waals surface area (Å²) in [6, 6.07) is 29.5. The van der Waals surface area contributed by atoms with Gasteiger partial charge in [-0.2, -0.15) is 0 Å². The number of rotatable bonds is 6. The quantitative estimate of drug-likeness (QED) is 0.304. The van der Waals surface area contributed by atoms with Gasteiger partial charge in [-0.1, -0.05) is 62.4 Å². The Morgan fingerprint density at radius 3 is 1.89 bits per heavy atom. The molecule has 0 heterocycles. The second-order valence-corrected chi connectivity index (χ2v) is 13.4. The second-order valence-electron chi connectivity index (χ2n) is 9.95. The molecule has 5 rings (SSSR count). The summed E-state index contributed by atoms with van der Waals surface area (Å²) in [5, 5.41) is 0. The Bertz CT molecular complexity index is 1270. The van der Waals surface area contributed by atoms with Crippen molar-refractivity contribution in [3.8, 4) is 5.75 Å². The largest absolute Gasteiger partial charge is 0.748 e. The van der Waals surface area contributed by atoms with Crippen LogP contribution in [0.3, 0.4) is 0 Å². The number of hydrogen-bond donors (Lipinski definition) is 0. The van der Waals surface area contributed by atoms with Gasteiger partial charge in [-0.3, -0.25) is 4.79 Å². The Hall–Kier alpha value is -2.61. The van der Waals surface area contributed by atoms with Gasteiger partial charge in [0.1, 0.15) is 16.7 Å². The van der Waals surface area contributed by atoms with Gasteiger partial charge in [0.2, 0.25) is 4.90 Å². The minimum Gasteiger partial charge on any atom is -0.748 e. The number of carbonyl (C=O) groups excluding carboxylic acids is 1. The molecule has 0 aliphatic heterocycles. The van der Waals surface area contributed by atoms with Crippen molar-refractivity contribution in [2.45, 2.75) is 47.8 Å². The highest BCUT2D eigenvalue weighted by Crippen LogP contribution is 2.64. The zero-order valence-corrected chi connectivity index (χ0v) is 22.5. The number of Topliss-reactive ketones (excluding diaryl/α,β-unsaturated/α-hetero) is 1. The van der Waals surface area contributed by atoms with Crippen LogP contribution in [-0.4, -0.2) is 31.6 Å². The molecule has 3 aromatic carbocycles. The molecule has 2 aliphatic carbocycles. The van der Waals surface area contributed by atoms with Crippen LogP contribution in [0, 0.1) is 16.7 Å². The van der Waals surface area contributed by atoms with Gasteiger partial charge < -0.3 is 9.29 Å². The van der Waals surface area contributed by atoms with Crippen LogP contribution >= 0.6 is 0 Å². The molecule has 3 aromatic rings. The van der Waals surface area contributed by atoms with Gasteiger partial charge >= 0.3 is 0 Å². The minimum atomic E-state index is -4.33. The maximum Gasteiger partial charge on any atom is 0.208 e. The molecule has 0 aromatic heterocycles. The van der Waals surface area contributed by atoms with Crippen LogP contribution in [0.5, 0.6) is 5.75 Å². The molecule has 0 radical (unpaired) electrons. The molecule has 2 bridgehead atoms. The van der Waals surface area contributed by atoms with Crippen LogP contribution in [0.4, 0.5) is 0 Å². The third-order valence-corrected chi connectivity index (χ3v) is 10.9. The van der Waals surface area contributed by atoms with Gasteiger partial charge in [-0.05, 0) is 60.6 Å². The summed E-state index contributed by atoms with van der Waals surface area (Å²) < 4.78 is 38.3. The molecule has 5 nitrogen and oxygen atoms in total. The predicted octanol–water partition coefficient (Wildman–Crippen LogP) is 5.72. The maximum atomic E-state index is 11.8. The summed E-state index contributed by atoms with van der Waals surface area (Å²) in [6.07, 6.45) is 1.88. The topological polar surface area (TPSA) is 83.5 Å². The standard InChI is InChI=1S/C19H17OS.C10H16O4S/c1-20-18-14-8-9-15-19(18)21(16-10-4-2-5-11-16)17-12-6-3-7-13-17;1-9(2)7-3-4-10(9,8(11)5-7)6-15(12,13)14/h2-15H,1H3;7H,3-6H2,1-2H3,(H,12,13,14)/q+1;/p-1. The van der Waals surface area contributed by atoms with Gasteiger partial charge in [0.05, 0.1) is 23.0 Å². The molecule has 2 unspecified atom stereocenters. The number of fused-ring (bicyclic) bond motifs is 2. The Balaban J connectivity index is 0.000000179. The van der Waals surface area contributed by atoms with Crippen LogP contribution in [0.25, 0.3) is 0 Å². The molecule has 0 saturated heterocycles. The fourth-order valence-electron chi connectivity index (χ4n) is 5.70. The van der Waals surface area contributed by atoms with Gasteiger partial charge in [-0.15, -0.1) is 0 Å². The Morgan fingerprint density at radius 1 is 0.917 bits per heavy atom. The van der Waals surface area contributed by atoms with E-state index in [-0.39, 0.29) is 28.0 Å². The van der Waals surface area contributed by atoms with E-state index in [0.29, 0.717) is 12.8 Å². The molecular weight excluding hydrogens is 492 g/mol. The first kappa shape index (κ1) is 26.5. The van der Waals surface area contributed by atoms with Crippen LogP contribution in [-0.2, 0) is 25.8 Å². The van der Waals surface area contributed by atoms with Crippen molar-refractivity contribution in [2.75, 3.05) is 12.9 Å². The van der Waals surface area contributed by atoms with Crippen LogP contribution in [0.1, 0.15) is 33.1 Å². The van der Waals surface area contributed by atoms with E-state index in [9.17, 15) is 17.8 Å². The van der Waals surface area contributed by atoms with E-state index in [1.54, 1.807) is 7.11 Å². The van der Waals surface area contributed by atoms with Crippen molar-refractivity contribution in [2.24, 2.45) is 16.7 Å². The number of methoxy groups -OCH3 is 1. The summed E-state index contributed by atoms with van der Waals surface area (Å²) in [5.41, 5.74) is -1.22. The monoisotopic (exact) mass is 524 g/mol. The third-order valence-electron chi connectivity index (χ3n) is 7.81. The first-order valence-corrected chi connectivity index (χ1v) is 14.8. The van der Waals surface area contributed by atoms with Gasteiger partial charge in [0, 0.05) is 11.8 Å². The number of benzene rings is 3. The van der Waals surface area contributed by atoms with Crippen molar-refractivity contribution >= 4 is 26.8 Å². The van der Waals surface area contributed by atoms with E-state index in [2.05, 4.69) is 72.8 Å². The van der Waals surface area contributed by atoms with Gasteiger partial charge in [0.25, 0.3) is 0 Å². The smallest absolute Gasteiger partial charge is 0.208 e. The van der Waals surface area contributed by atoms with Crippen molar-refractivity contribution < 1.29 is 22.5 Å². The molecule has 36 heavy (non-hydrogen) atoms. The Kier molecular flexibility index (Phi) is 7.64. The number of ether oxygens (including phenoxy) is 1. The first-order chi connectivity index (χ1) is 17.1. The molecule has 0 amide bonds. The number of ketones is 1. The van der Waals surface area contributed by atoms with Gasteiger partial charge in [-0.25, -0.2) is 8.42 Å². The van der Waals surface area contributed by atoms with E-state index < -0.39 is 21.3 Å². The SMILES string of the molecule is CC1(C)C2CCC1(CS(=O)(=O)[O-])C(=O)C2.COc1ccccc1[S+](c1ccccc1)c1ccccc1. The normalized spacial score (nSPS) is 22.2. The minimum absolute atomic E-state index is 0.0248. The first-order valence-electron chi connectivity index (χ1n) is 12.0. The van der Waals surface area contributed by atoms with Crippen LogP contribution < -0.4 is 4.74 Å². The van der Waals surface area contributed by atoms with E-state index in [1.807, 2.05) is 26.0 Å². The average molecular weight is 525 g/mol. The lowest BCUT2D eigenvalue weighted by molar-refractivity contribution is -0.128. The molecule has 2 atom stereocenters. The van der Waals surface area contributed by atoms with Crippen molar-refractivity contribution in [3.05, 3.63) is 84.9 Å². The van der Waals surface area contributed by atoms with E-state index >= 15 is 0 Å². The van der Waals surface area contributed by atoms with Crippen molar-refractivity contribution in [3.63, 3.8) is 0 Å². The maximum absolute atomic E-state index is 11.8. The number of para-hydroxylation sites is 1. The van der Waals surface area contributed by atoms with Crippen molar-refractivity contribution in [1.29, 1.82) is 0 Å². The van der Waals surface area contributed by atoms with Crippen LogP contribution in [0.15, 0.2) is 99.6 Å². The molecule has 2 saturated carbocycles. The van der Waals surface area contributed by atoms with Crippen molar-refractivity contribution in [1.82, 2.24) is 0 Å². The summed E-state index contributed by atoms with van der Waals surface area (Å²) in [6.45, 7) is 3.83. The van der Waals surface area contributed by atoms with E-state index in [1.165, 1.54) is 14.7 Å². The molecule has 7 heteroatoms. The lowest BCUT2D eigenvalue weighted by Gasteiger charge is -2.37. The molecule has 190 valence electrons. The summed E-state index contributed by atoms with van der Waals surface area (Å²) in [5.74, 6) is 0.658. The highest BCUT2D eigenvalue weighted by Gasteiger charge is 2.64. The fraction of sp³-hybridized carbons (Fsp3) is 0.345. The second kappa shape index (κ2) is 10.4. The molecule has 0 spiro atoms. The lowest BCUT2D eigenvalue weighted by Crippen LogP contribution is -2.42. The molecule has 0 N–H and O–H groups in total. The highest BCUT2D eigenvalue weighted by molar-refractivity contribution is 7.97. The zero-order chi connectivity index (χ0) is 26.0. The van der Waals surface area contributed by atoms with Gasteiger partial charge in [0.15, 0.2) is 15.5 Å². The summed E-state index contributed by atoms with van der Waals surface area (Å²) >= 11 is 0. The highest BCUT2D eigenvalue weighted by atomic mass is 32.2.